The van der Waals surface area contributed by atoms with Gasteiger partial charge in [-0.05, 0) is 31.2 Å². The molecule has 0 spiro atoms. The minimum Gasteiger partial charge on any atom is -0.396 e. The summed E-state index contributed by atoms with van der Waals surface area (Å²) < 4.78 is 0. The summed E-state index contributed by atoms with van der Waals surface area (Å²) in [4.78, 5) is 23.5. The molecule has 0 radical (unpaired) electrons. The zero-order chi connectivity index (χ0) is 15.2. The fraction of sp³-hybridized carbons (Fsp3) is 0.500. The lowest BCUT2D eigenvalue weighted by atomic mass is 9.89. The van der Waals surface area contributed by atoms with Crippen LogP contribution in [0.1, 0.15) is 54.3 Å². The molecule has 0 bridgehead atoms. The van der Waals surface area contributed by atoms with E-state index in [9.17, 15) is 9.59 Å². The molecule has 0 aliphatic rings. The van der Waals surface area contributed by atoms with Gasteiger partial charge in [0.1, 0.15) is 0 Å². The first-order chi connectivity index (χ1) is 9.37. The molecule has 0 saturated heterocycles. The van der Waals surface area contributed by atoms with Crippen LogP contribution in [0.25, 0.3) is 0 Å². The first kappa shape index (κ1) is 16.4. The number of aliphatic hydroxyl groups is 1. The first-order valence-corrected chi connectivity index (χ1v) is 6.86. The Kier molecular flexibility index (Phi) is 5.89. The van der Waals surface area contributed by atoms with Crippen LogP contribution < -0.4 is 5.32 Å². The van der Waals surface area contributed by atoms with Gasteiger partial charge >= 0.3 is 0 Å². The molecule has 4 nitrogen and oxygen atoms in total. The zero-order valence-electron chi connectivity index (χ0n) is 12.4. The molecule has 2 N–H and O–H groups in total. The lowest BCUT2D eigenvalue weighted by Gasteiger charge is -2.21. The molecule has 110 valence electrons. The second-order valence-corrected chi connectivity index (χ2v) is 5.78. The van der Waals surface area contributed by atoms with Gasteiger partial charge in [-0.15, -0.1) is 0 Å². The summed E-state index contributed by atoms with van der Waals surface area (Å²) >= 11 is 0. The van der Waals surface area contributed by atoms with Crippen molar-refractivity contribution in [1.82, 2.24) is 5.32 Å². The SMILES string of the molecule is CC(=O)c1ccccc1C(=O)NCCCC(C)(C)CO. The van der Waals surface area contributed by atoms with Gasteiger partial charge in [0.2, 0.25) is 0 Å². The number of Topliss-reactive ketones (excluding diaryl/α,β-unsaturated/α-hetero) is 1. The maximum absolute atomic E-state index is 12.1. The minimum atomic E-state index is -0.224. The Bertz CT molecular complexity index is 480. The molecule has 1 aromatic carbocycles. The van der Waals surface area contributed by atoms with Crippen LogP contribution in [0.3, 0.4) is 0 Å². The number of carbonyl (C=O) groups is 2. The number of aliphatic hydroxyl groups excluding tert-OH is 1. The van der Waals surface area contributed by atoms with Gasteiger partial charge in [-0.3, -0.25) is 9.59 Å². The number of nitrogens with one attached hydrogen (secondary N) is 1. The van der Waals surface area contributed by atoms with Gasteiger partial charge in [-0.2, -0.15) is 0 Å². The summed E-state index contributed by atoms with van der Waals surface area (Å²) in [6.45, 7) is 6.10. The van der Waals surface area contributed by atoms with Crippen molar-refractivity contribution in [3.05, 3.63) is 35.4 Å². The summed E-state index contributed by atoms with van der Waals surface area (Å²) in [5.41, 5.74) is 0.740. The second-order valence-electron chi connectivity index (χ2n) is 5.78. The van der Waals surface area contributed by atoms with E-state index in [-0.39, 0.29) is 23.7 Å². The monoisotopic (exact) mass is 277 g/mol. The zero-order valence-corrected chi connectivity index (χ0v) is 12.4. The van der Waals surface area contributed by atoms with Crippen LogP contribution in [0.2, 0.25) is 0 Å². The highest BCUT2D eigenvalue weighted by atomic mass is 16.3. The highest BCUT2D eigenvalue weighted by Gasteiger charge is 2.16. The lowest BCUT2D eigenvalue weighted by Crippen LogP contribution is -2.27. The third-order valence-corrected chi connectivity index (χ3v) is 3.29. The summed E-state index contributed by atoms with van der Waals surface area (Å²) in [5.74, 6) is -0.338. The van der Waals surface area contributed by atoms with E-state index in [4.69, 9.17) is 5.11 Å². The Morgan fingerprint density at radius 1 is 1.20 bits per heavy atom. The summed E-state index contributed by atoms with van der Waals surface area (Å²) in [6, 6.07) is 6.81. The lowest BCUT2D eigenvalue weighted by molar-refractivity contribution is 0.0934. The summed E-state index contributed by atoms with van der Waals surface area (Å²) in [5, 5.41) is 12.0. The molecule has 4 heteroatoms. The Balaban J connectivity index is 2.54. The topological polar surface area (TPSA) is 66.4 Å². The molecule has 1 rings (SSSR count). The molecule has 0 aliphatic heterocycles. The third-order valence-electron chi connectivity index (χ3n) is 3.29. The third kappa shape index (κ3) is 4.78. The average molecular weight is 277 g/mol. The molecule has 0 saturated carbocycles. The van der Waals surface area contributed by atoms with Gasteiger partial charge < -0.3 is 10.4 Å². The van der Waals surface area contributed by atoms with Crippen molar-refractivity contribution in [1.29, 1.82) is 0 Å². The molecule has 20 heavy (non-hydrogen) atoms. The van der Waals surface area contributed by atoms with Crippen LogP contribution in [-0.2, 0) is 0 Å². The van der Waals surface area contributed by atoms with Crippen molar-refractivity contribution >= 4 is 11.7 Å². The number of amides is 1. The van der Waals surface area contributed by atoms with Crippen LogP contribution in [-0.4, -0.2) is 29.9 Å². The molecule has 0 heterocycles. The van der Waals surface area contributed by atoms with Crippen molar-refractivity contribution in [3.8, 4) is 0 Å². The van der Waals surface area contributed by atoms with E-state index in [1.807, 2.05) is 13.8 Å². The van der Waals surface area contributed by atoms with E-state index in [0.29, 0.717) is 17.7 Å². The van der Waals surface area contributed by atoms with E-state index in [2.05, 4.69) is 5.32 Å². The summed E-state index contributed by atoms with van der Waals surface area (Å²) in [7, 11) is 0. The van der Waals surface area contributed by atoms with Crippen molar-refractivity contribution in [2.24, 2.45) is 5.41 Å². The molecular formula is C16H23NO3. The predicted octanol–water partition coefficient (Wildman–Crippen LogP) is 2.42. The summed E-state index contributed by atoms with van der Waals surface area (Å²) in [6.07, 6.45) is 1.62. The standard InChI is InChI=1S/C16H23NO3/c1-12(19)13-7-4-5-8-14(13)15(20)17-10-6-9-16(2,3)11-18/h4-5,7-8,18H,6,9-11H2,1-3H3,(H,17,20). The van der Waals surface area contributed by atoms with E-state index < -0.39 is 0 Å². The normalized spacial score (nSPS) is 11.2. The molecule has 0 unspecified atom stereocenters. The van der Waals surface area contributed by atoms with E-state index >= 15 is 0 Å². The molecule has 0 aliphatic carbocycles. The van der Waals surface area contributed by atoms with E-state index in [0.717, 1.165) is 12.8 Å². The number of carbonyl (C=O) groups excluding carboxylic acids is 2. The van der Waals surface area contributed by atoms with Gasteiger partial charge in [0, 0.05) is 18.7 Å². The largest absolute Gasteiger partial charge is 0.396 e. The Labute approximate surface area is 120 Å². The van der Waals surface area contributed by atoms with Gasteiger partial charge in [-0.25, -0.2) is 0 Å². The van der Waals surface area contributed by atoms with E-state index in [1.165, 1.54) is 6.92 Å². The predicted molar refractivity (Wildman–Crippen MR) is 78.9 cm³/mol. The fourth-order valence-electron chi connectivity index (χ4n) is 1.93. The van der Waals surface area contributed by atoms with Gasteiger partial charge in [0.15, 0.2) is 5.78 Å². The van der Waals surface area contributed by atoms with Gasteiger partial charge in [0.25, 0.3) is 5.91 Å². The molecular weight excluding hydrogens is 254 g/mol. The highest BCUT2D eigenvalue weighted by molar-refractivity contribution is 6.07. The second kappa shape index (κ2) is 7.20. The van der Waals surface area contributed by atoms with Crippen molar-refractivity contribution in [2.75, 3.05) is 13.2 Å². The molecule has 0 aromatic heterocycles. The molecule has 0 fully saturated rings. The average Bonchev–Trinajstić information content (AvgIpc) is 2.43. The molecule has 1 aromatic rings. The quantitative estimate of drug-likeness (QED) is 0.594. The van der Waals surface area contributed by atoms with Crippen LogP contribution >= 0.6 is 0 Å². The Hall–Kier alpha value is -1.68. The minimum absolute atomic E-state index is 0.114. The van der Waals surface area contributed by atoms with E-state index in [1.54, 1.807) is 24.3 Å². The molecule has 0 atom stereocenters. The highest BCUT2D eigenvalue weighted by Crippen LogP contribution is 2.20. The number of rotatable bonds is 7. The fourth-order valence-corrected chi connectivity index (χ4v) is 1.93. The van der Waals surface area contributed by atoms with Crippen molar-refractivity contribution < 1.29 is 14.7 Å². The number of hydrogen-bond donors (Lipinski definition) is 2. The van der Waals surface area contributed by atoms with Crippen LogP contribution in [0.5, 0.6) is 0 Å². The molecule has 1 amide bonds. The number of ketones is 1. The number of hydrogen-bond acceptors (Lipinski definition) is 3. The first-order valence-electron chi connectivity index (χ1n) is 6.86. The maximum Gasteiger partial charge on any atom is 0.252 e. The smallest absolute Gasteiger partial charge is 0.252 e. The number of benzene rings is 1. The maximum atomic E-state index is 12.1. The van der Waals surface area contributed by atoms with Crippen molar-refractivity contribution in [3.63, 3.8) is 0 Å². The van der Waals surface area contributed by atoms with Crippen molar-refractivity contribution in [2.45, 2.75) is 33.6 Å². The van der Waals surface area contributed by atoms with Crippen LogP contribution in [0.4, 0.5) is 0 Å². The van der Waals surface area contributed by atoms with Crippen LogP contribution in [0.15, 0.2) is 24.3 Å². The van der Waals surface area contributed by atoms with Crippen LogP contribution in [0, 0.1) is 5.41 Å². The Morgan fingerprint density at radius 2 is 1.80 bits per heavy atom. The van der Waals surface area contributed by atoms with Gasteiger partial charge in [-0.1, -0.05) is 32.0 Å². The Morgan fingerprint density at radius 3 is 2.35 bits per heavy atom. The van der Waals surface area contributed by atoms with Gasteiger partial charge in [0.05, 0.1) is 5.56 Å².